The van der Waals surface area contributed by atoms with Gasteiger partial charge in [-0.15, -0.1) is 0 Å². The fourth-order valence-corrected chi connectivity index (χ4v) is 2.34. The maximum atomic E-state index is 12.3. The number of rotatable bonds is 5. The SMILES string of the molecule is CCn1nccc1CN(C)C(=O)c1cc(C2CC2)[nH]n1. The number of nitrogens with one attached hydrogen (secondary N) is 1. The number of aromatic nitrogens is 4. The number of aromatic amines is 1. The minimum Gasteiger partial charge on any atom is -0.334 e. The average Bonchev–Trinajstić information content (AvgIpc) is 3.02. The quantitative estimate of drug-likeness (QED) is 0.903. The predicted octanol–water partition coefficient (Wildman–Crippen LogP) is 1.78. The minimum atomic E-state index is -0.0583. The van der Waals surface area contributed by atoms with E-state index in [1.165, 1.54) is 12.8 Å². The molecule has 2 aromatic heterocycles. The molecule has 20 heavy (non-hydrogen) atoms. The molecule has 1 amide bonds. The molecule has 0 aliphatic heterocycles. The van der Waals surface area contributed by atoms with Crippen LogP contribution in [0.15, 0.2) is 18.3 Å². The van der Waals surface area contributed by atoms with Crippen LogP contribution in [-0.2, 0) is 13.1 Å². The van der Waals surface area contributed by atoms with Gasteiger partial charge in [-0.3, -0.25) is 14.6 Å². The first-order chi connectivity index (χ1) is 9.69. The third-order valence-electron chi connectivity index (χ3n) is 3.68. The Kier molecular flexibility index (Phi) is 3.30. The number of hydrogen-bond donors (Lipinski definition) is 1. The monoisotopic (exact) mass is 273 g/mol. The fourth-order valence-electron chi connectivity index (χ4n) is 2.34. The van der Waals surface area contributed by atoms with Gasteiger partial charge in [0.25, 0.3) is 5.91 Å². The topological polar surface area (TPSA) is 66.8 Å². The summed E-state index contributed by atoms with van der Waals surface area (Å²) in [5.74, 6) is 0.521. The van der Waals surface area contributed by atoms with E-state index in [1.54, 1.807) is 18.1 Å². The van der Waals surface area contributed by atoms with Gasteiger partial charge in [0.2, 0.25) is 0 Å². The molecule has 2 aromatic rings. The van der Waals surface area contributed by atoms with E-state index in [9.17, 15) is 4.79 Å². The van der Waals surface area contributed by atoms with E-state index in [0.717, 1.165) is 17.9 Å². The zero-order chi connectivity index (χ0) is 14.1. The summed E-state index contributed by atoms with van der Waals surface area (Å²) >= 11 is 0. The van der Waals surface area contributed by atoms with Gasteiger partial charge in [-0.25, -0.2) is 0 Å². The Morgan fingerprint density at radius 1 is 1.55 bits per heavy atom. The maximum absolute atomic E-state index is 12.3. The van der Waals surface area contributed by atoms with Crippen LogP contribution in [0.3, 0.4) is 0 Å². The number of carbonyl (C=O) groups excluding carboxylic acids is 1. The molecule has 1 aliphatic rings. The van der Waals surface area contributed by atoms with Gasteiger partial charge in [0.15, 0.2) is 0 Å². The smallest absolute Gasteiger partial charge is 0.274 e. The lowest BCUT2D eigenvalue weighted by atomic mass is 10.2. The third kappa shape index (κ3) is 2.45. The normalized spacial score (nSPS) is 14.5. The van der Waals surface area contributed by atoms with Gasteiger partial charge in [-0.05, 0) is 31.9 Å². The van der Waals surface area contributed by atoms with Gasteiger partial charge in [-0.1, -0.05) is 0 Å². The highest BCUT2D eigenvalue weighted by molar-refractivity contribution is 5.92. The summed E-state index contributed by atoms with van der Waals surface area (Å²) in [4.78, 5) is 14.0. The van der Waals surface area contributed by atoms with E-state index in [2.05, 4.69) is 15.3 Å². The number of nitrogens with zero attached hydrogens (tertiary/aromatic N) is 4. The second-order valence-electron chi connectivity index (χ2n) is 5.28. The van der Waals surface area contributed by atoms with Gasteiger partial charge in [0, 0.05) is 31.4 Å². The minimum absolute atomic E-state index is 0.0583. The third-order valence-corrected chi connectivity index (χ3v) is 3.68. The summed E-state index contributed by atoms with van der Waals surface area (Å²) in [6, 6.07) is 3.82. The summed E-state index contributed by atoms with van der Waals surface area (Å²) in [5, 5.41) is 11.3. The maximum Gasteiger partial charge on any atom is 0.274 e. The first-order valence-electron chi connectivity index (χ1n) is 7.00. The van der Waals surface area contributed by atoms with E-state index in [4.69, 9.17) is 0 Å². The molecular formula is C14H19N5O. The molecule has 1 aliphatic carbocycles. The highest BCUT2D eigenvalue weighted by atomic mass is 16.2. The van der Waals surface area contributed by atoms with Crippen molar-refractivity contribution in [1.29, 1.82) is 0 Å². The van der Waals surface area contributed by atoms with Crippen LogP contribution in [0.5, 0.6) is 0 Å². The van der Waals surface area contributed by atoms with Gasteiger partial charge in [0.1, 0.15) is 5.69 Å². The molecular weight excluding hydrogens is 254 g/mol. The van der Waals surface area contributed by atoms with Crippen LogP contribution >= 0.6 is 0 Å². The van der Waals surface area contributed by atoms with Crippen LogP contribution in [-0.4, -0.2) is 37.8 Å². The molecule has 0 saturated heterocycles. The molecule has 6 nitrogen and oxygen atoms in total. The van der Waals surface area contributed by atoms with Crippen LogP contribution in [0.2, 0.25) is 0 Å². The van der Waals surface area contributed by atoms with Crippen molar-refractivity contribution in [3.8, 4) is 0 Å². The fraction of sp³-hybridized carbons (Fsp3) is 0.500. The standard InChI is InChI=1S/C14H19N5O/c1-3-19-11(6-7-15-19)9-18(2)14(20)13-8-12(16-17-13)10-4-5-10/h6-8,10H,3-5,9H2,1-2H3,(H,16,17). The first kappa shape index (κ1) is 12.9. The lowest BCUT2D eigenvalue weighted by Crippen LogP contribution is -2.27. The van der Waals surface area contributed by atoms with E-state index in [0.29, 0.717) is 18.2 Å². The molecule has 1 N–H and O–H groups in total. The summed E-state index contributed by atoms with van der Waals surface area (Å²) in [5.41, 5.74) is 2.61. The molecule has 0 spiro atoms. The number of H-pyrrole nitrogens is 1. The first-order valence-corrected chi connectivity index (χ1v) is 7.00. The lowest BCUT2D eigenvalue weighted by Gasteiger charge is -2.16. The van der Waals surface area contributed by atoms with Gasteiger partial charge in [-0.2, -0.15) is 10.2 Å². The Bertz CT molecular complexity index is 611. The highest BCUT2D eigenvalue weighted by Crippen LogP contribution is 2.39. The number of hydrogen-bond acceptors (Lipinski definition) is 3. The van der Waals surface area contributed by atoms with Gasteiger partial charge < -0.3 is 4.90 Å². The molecule has 0 aromatic carbocycles. The Morgan fingerprint density at radius 2 is 2.35 bits per heavy atom. The van der Waals surface area contributed by atoms with Crippen LogP contribution in [0, 0.1) is 0 Å². The zero-order valence-electron chi connectivity index (χ0n) is 11.8. The summed E-state index contributed by atoms with van der Waals surface area (Å²) < 4.78 is 1.89. The van der Waals surface area contributed by atoms with E-state index >= 15 is 0 Å². The molecule has 3 rings (SSSR count). The second-order valence-corrected chi connectivity index (χ2v) is 5.28. The number of aryl methyl sites for hydroxylation is 1. The molecule has 0 bridgehead atoms. The van der Waals surface area contributed by atoms with Gasteiger partial charge in [0.05, 0.1) is 12.2 Å². The number of amides is 1. The van der Waals surface area contributed by atoms with E-state index in [1.807, 2.05) is 23.7 Å². The zero-order valence-corrected chi connectivity index (χ0v) is 11.8. The van der Waals surface area contributed by atoms with Crippen molar-refractivity contribution in [3.63, 3.8) is 0 Å². The average molecular weight is 273 g/mol. The molecule has 106 valence electrons. The van der Waals surface area contributed by atoms with Crippen molar-refractivity contribution in [3.05, 3.63) is 35.4 Å². The molecule has 2 heterocycles. The second kappa shape index (κ2) is 5.11. The van der Waals surface area contributed by atoms with Crippen LogP contribution in [0.25, 0.3) is 0 Å². The van der Waals surface area contributed by atoms with Crippen molar-refractivity contribution in [2.75, 3.05) is 7.05 Å². The van der Waals surface area contributed by atoms with Crippen molar-refractivity contribution < 1.29 is 4.79 Å². The highest BCUT2D eigenvalue weighted by Gasteiger charge is 2.27. The summed E-state index contributed by atoms with van der Waals surface area (Å²) in [7, 11) is 1.79. The van der Waals surface area contributed by atoms with Crippen molar-refractivity contribution in [2.45, 2.75) is 38.8 Å². The van der Waals surface area contributed by atoms with Crippen molar-refractivity contribution in [1.82, 2.24) is 24.9 Å². The van der Waals surface area contributed by atoms with Gasteiger partial charge >= 0.3 is 0 Å². The van der Waals surface area contributed by atoms with Crippen molar-refractivity contribution >= 4 is 5.91 Å². The Balaban J connectivity index is 1.69. The Morgan fingerprint density at radius 3 is 3.05 bits per heavy atom. The lowest BCUT2D eigenvalue weighted by molar-refractivity contribution is 0.0775. The van der Waals surface area contributed by atoms with Crippen molar-refractivity contribution in [2.24, 2.45) is 0 Å². The molecule has 0 atom stereocenters. The van der Waals surface area contributed by atoms with Crippen LogP contribution < -0.4 is 0 Å². The largest absolute Gasteiger partial charge is 0.334 e. The van der Waals surface area contributed by atoms with Crippen LogP contribution in [0.4, 0.5) is 0 Å². The molecule has 6 heteroatoms. The summed E-state index contributed by atoms with van der Waals surface area (Å²) in [6.07, 6.45) is 4.15. The molecule has 1 saturated carbocycles. The number of carbonyl (C=O) groups is 1. The summed E-state index contributed by atoms with van der Waals surface area (Å²) in [6.45, 7) is 3.38. The molecule has 1 fully saturated rings. The van der Waals surface area contributed by atoms with E-state index in [-0.39, 0.29) is 5.91 Å². The molecule has 0 radical (unpaired) electrons. The van der Waals surface area contributed by atoms with E-state index < -0.39 is 0 Å². The molecule has 0 unspecified atom stereocenters. The Hall–Kier alpha value is -2.11. The van der Waals surface area contributed by atoms with Crippen LogP contribution in [0.1, 0.15) is 47.6 Å². The predicted molar refractivity (Wildman–Crippen MR) is 74.3 cm³/mol. The Labute approximate surface area is 117 Å².